The van der Waals surface area contributed by atoms with E-state index in [2.05, 4.69) is 11.2 Å². The van der Waals surface area contributed by atoms with E-state index in [-0.39, 0.29) is 0 Å². The summed E-state index contributed by atoms with van der Waals surface area (Å²) in [5.41, 5.74) is 2.89. The molecule has 1 aliphatic carbocycles. The van der Waals surface area contributed by atoms with Gasteiger partial charge in [0.2, 0.25) is 0 Å². The molecule has 1 aromatic carbocycles. The van der Waals surface area contributed by atoms with Crippen molar-refractivity contribution in [1.29, 1.82) is 0 Å². The van der Waals surface area contributed by atoms with Gasteiger partial charge in [0.05, 0.1) is 12.8 Å². The lowest BCUT2D eigenvalue weighted by molar-refractivity contribution is 0.318. The van der Waals surface area contributed by atoms with Crippen LogP contribution in [0.2, 0.25) is 0 Å². The topological polar surface area (TPSA) is 41.8 Å². The summed E-state index contributed by atoms with van der Waals surface area (Å²) in [7, 11) is 1.65. The van der Waals surface area contributed by atoms with Crippen molar-refractivity contribution < 1.29 is 9.94 Å². The van der Waals surface area contributed by atoms with Gasteiger partial charge in [0.1, 0.15) is 5.75 Å². The molecule has 2 rings (SSSR count). The van der Waals surface area contributed by atoms with Crippen molar-refractivity contribution in [3.05, 3.63) is 35.9 Å². The molecule has 0 heterocycles. The average Bonchev–Trinajstić information content (AvgIpc) is 2.39. The molecule has 0 unspecified atom stereocenters. The van der Waals surface area contributed by atoms with E-state index in [1.54, 1.807) is 7.11 Å². The predicted molar refractivity (Wildman–Crippen MR) is 64.0 cm³/mol. The summed E-state index contributed by atoms with van der Waals surface area (Å²) in [6, 6.07) is 7.81. The molecule has 0 bridgehead atoms. The molecule has 0 saturated heterocycles. The third kappa shape index (κ3) is 2.08. The van der Waals surface area contributed by atoms with Crippen LogP contribution in [0.4, 0.5) is 0 Å². The van der Waals surface area contributed by atoms with Crippen molar-refractivity contribution in [3.8, 4) is 5.75 Å². The second-order valence-corrected chi connectivity index (χ2v) is 3.79. The highest BCUT2D eigenvalue weighted by atomic mass is 16.5. The maximum atomic E-state index is 8.95. The number of methoxy groups -OCH3 is 1. The largest absolute Gasteiger partial charge is 0.497 e. The van der Waals surface area contributed by atoms with Crippen molar-refractivity contribution >= 4 is 11.3 Å². The van der Waals surface area contributed by atoms with Gasteiger partial charge in [-0.25, -0.2) is 0 Å². The Balaban J connectivity index is 2.32. The third-order valence-electron chi connectivity index (χ3n) is 2.80. The quantitative estimate of drug-likeness (QED) is 0.611. The molecular weight excluding hydrogens is 202 g/mol. The Morgan fingerprint density at radius 2 is 2.00 bits per heavy atom. The first-order valence-corrected chi connectivity index (χ1v) is 5.41. The number of ether oxygens (including phenoxy) is 1. The molecule has 1 N–H and O–H groups in total. The monoisotopic (exact) mass is 217 g/mol. The van der Waals surface area contributed by atoms with Crippen LogP contribution in [0.5, 0.6) is 5.75 Å². The lowest BCUT2D eigenvalue weighted by Crippen LogP contribution is -2.06. The molecule has 0 saturated carbocycles. The van der Waals surface area contributed by atoms with E-state index >= 15 is 0 Å². The van der Waals surface area contributed by atoms with E-state index in [1.807, 2.05) is 24.3 Å². The van der Waals surface area contributed by atoms with Crippen LogP contribution in [0.25, 0.3) is 5.57 Å². The summed E-state index contributed by atoms with van der Waals surface area (Å²) >= 11 is 0. The Hall–Kier alpha value is -1.77. The van der Waals surface area contributed by atoms with Gasteiger partial charge in [0.15, 0.2) is 0 Å². The van der Waals surface area contributed by atoms with Gasteiger partial charge in [-0.2, -0.15) is 0 Å². The van der Waals surface area contributed by atoms with Crippen molar-refractivity contribution in [2.45, 2.75) is 19.3 Å². The van der Waals surface area contributed by atoms with Crippen molar-refractivity contribution in [1.82, 2.24) is 0 Å². The lowest BCUT2D eigenvalue weighted by Gasteiger charge is -2.14. The summed E-state index contributed by atoms with van der Waals surface area (Å²) in [6.45, 7) is 0. The first-order valence-electron chi connectivity index (χ1n) is 5.41. The second-order valence-electron chi connectivity index (χ2n) is 3.79. The zero-order valence-electron chi connectivity index (χ0n) is 9.31. The normalized spacial score (nSPS) is 18.3. The Labute approximate surface area is 95.0 Å². The molecule has 0 spiro atoms. The Kier molecular flexibility index (Phi) is 3.25. The van der Waals surface area contributed by atoms with Crippen LogP contribution in [0, 0.1) is 0 Å². The molecule has 1 aromatic rings. The molecule has 1 aliphatic rings. The Morgan fingerprint density at radius 3 is 2.62 bits per heavy atom. The highest BCUT2D eigenvalue weighted by molar-refractivity contribution is 6.24. The molecule has 3 heteroatoms. The van der Waals surface area contributed by atoms with E-state index in [1.165, 1.54) is 0 Å². The number of oxime groups is 1. The van der Waals surface area contributed by atoms with E-state index in [0.29, 0.717) is 0 Å². The average molecular weight is 217 g/mol. The summed E-state index contributed by atoms with van der Waals surface area (Å²) in [4.78, 5) is 0. The molecule has 3 nitrogen and oxygen atoms in total. The zero-order valence-corrected chi connectivity index (χ0v) is 9.31. The number of allylic oxidation sites excluding steroid dienone is 2. The van der Waals surface area contributed by atoms with Gasteiger partial charge in [-0.05, 0) is 37.0 Å². The smallest absolute Gasteiger partial charge is 0.118 e. The van der Waals surface area contributed by atoms with Crippen molar-refractivity contribution in [2.75, 3.05) is 7.11 Å². The maximum absolute atomic E-state index is 8.95. The fourth-order valence-electron chi connectivity index (χ4n) is 1.93. The first-order chi connectivity index (χ1) is 7.85. The third-order valence-corrected chi connectivity index (χ3v) is 2.80. The molecule has 0 fully saturated rings. The van der Waals surface area contributed by atoms with Crippen LogP contribution in [0.3, 0.4) is 0 Å². The van der Waals surface area contributed by atoms with Crippen LogP contribution in [-0.4, -0.2) is 18.0 Å². The molecular formula is C13H15NO2. The minimum absolute atomic E-state index is 0.774. The molecule has 0 radical (unpaired) electrons. The van der Waals surface area contributed by atoms with E-state index in [4.69, 9.17) is 9.94 Å². The number of rotatable bonds is 2. The fraction of sp³-hybridized carbons (Fsp3) is 0.308. The van der Waals surface area contributed by atoms with Crippen LogP contribution in [0.15, 0.2) is 35.5 Å². The molecule has 16 heavy (non-hydrogen) atoms. The predicted octanol–water partition coefficient (Wildman–Crippen LogP) is 3.09. The van der Waals surface area contributed by atoms with E-state index in [0.717, 1.165) is 41.9 Å². The lowest BCUT2D eigenvalue weighted by atomic mass is 9.92. The summed E-state index contributed by atoms with van der Waals surface area (Å²) < 4.78 is 5.11. The second kappa shape index (κ2) is 4.84. The molecule has 0 amide bonds. The van der Waals surface area contributed by atoms with Crippen molar-refractivity contribution in [3.63, 3.8) is 0 Å². The van der Waals surface area contributed by atoms with E-state index in [9.17, 15) is 0 Å². The molecule has 0 atom stereocenters. The number of hydrogen-bond donors (Lipinski definition) is 1. The van der Waals surface area contributed by atoms with Crippen LogP contribution < -0.4 is 4.74 Å². The van der Waals surface area contributed by atoms with Gasteiger partial charge in [-0.1, -0.05) is 23.4 Å². The van der Waals surface area contributed by atoms with Crippen LogP contribution in [-0.2, 0) is 0 Å². The van der Waals surface area contributed by atoms with E-state index < -0.39 is 0 Å². The maximum Gasteiger partial charge on any atom is 0.118 e. The summed E-state index contributed by atoms with van der Waals surface area (Å²) in [5, 5.41) is 12.3. The first kappa shape index (κ1) is 10.7. The van der Waals surface area contributed by atoms with Gasteiger partial charge < -0.3 is 9.94 Å². The highest BCUT2D eigenvalue weighted by Gasteiger charge is 2.14. The van der Waals surface area contributed by atoms with Crippen LogP contribution in [0.1, 0.15) is 24.8 Å². The minimum Gasteiger partial charge on any atom is -0.497 e. The van der Waals surface area contributed by atoms with Gasteiger partial charge in [-0.3, -0.25) is 0 Å². The van der Waals surface area contributed by atoms with Gasteiger partial charge in [-0.15, -0.1) is 0 Å². The highest BCUT2D eigenvalue weighted by Crippen LogP contribution is 2.26. The van der Waals surface area contributed by atoms with Gasteiger partial charge in [0, 0.05) is 5.57 Å². The van der Waals surface area contributed by atoms with Gasteiger partial charge in [0.25, 0.3) is 0 Å². The van der Waals surface area contributed by atoms with Gasteiger partial charge >= 0.3 is 0 Å². The summed E-state index contributed by atoms with van der Waals surface area (Å²) in [6.07, 6.45) is 5.06. The van der Waals surface area contributed by atoms with Crippen LogP contribution >= 0.6 is 0 Å². The minimum atomic E-state index is 0.774. The standard InChI is InChI=1S/C13H15NO2/c1-16-11-8-6-10(7-9-11)12-4-2-3-5-13(12)14-15/h4,6-9,15H,2-3,5H2,1H3. The van der Waals surface area contributed by atoms with Crippen molar-refractivity contribution in [2.24, 2.45) is 5.16 Å². The zero-order chi connectivity index (χ0) is 11.4. The Bertz CT molecular complexity index is 418. The SMILES string of the molecule is COc1ccc(C2=CCCCC2=NO)cc1. The molecule has 84 valence electrons. The Morgan fingerprint density at radius 1 is 1.25 bits per heavy atom. The summed E-state index contributed by atoms with van der Waals surface area (Å²) in [5.74, 6) is 0.836. The number of hydrogen-bond acceptors (Lipinski definition) is 3. The molecule has 0 aliphatic heterocycles. The number of nitrogens with zero attached hydrogens (tertiary/aromatic N) is 1. The number of benzene rings is 1. The molecule has 0 aromatic heterocycles. The fourth-order valence-corrected chi connectivity index (χ4v) is 1.93.